The third-order valence-corrected chi connectivity index (χ3v) is 7.84. The van der Waals surface area contributed by atoms with Crippen molar-refractivity contribution in [3.8, 4) is 0 Å². The Morgan fingerprint density at radius 3 is 2.73 bits per heavy atom. The van der Waals surface area contributed by atoms with Gasteiger partial charge in [0.2, 0.25) is 5.91 Å². The summed E-state index contributed by atoms with van der Waals surface area (Å²) in [4.78, 5) is 32.2. The number of benzene rings is 1. The van der Waals surface area contributed by atoms with Crippen LogP contribution in [-0.4, -0.2) is 42.4 Å². The molecule has 0 radical (unpaired) electrons. The van der Waals surface area contributed by atoms with Crippen LogP contribution >= 0.6 is 11.3 Å². The molecule has 7 nitrogen and oxygen atoms in total. The molecule has 0 spiro atoms. The molecule has 4 rings (SSSR count). The zero-order valence-electron chi connectivity index (χ0n) is 16.8. The largest absolute Gasteiger partial charge is 0.322 e. The highest BCUT2D eigenvalue weighted by Gasteiger charge is 2.39. The van der Waals surface area contributed by atoms with Gasteiger partial charge in [-0.3, -0.25) is 9.59 Å². The van der Waals surface area contributed by atoms with Gasteiger partial charge in [0.1, 0.15) is 6.04 Å². The van der Waals surface area contributed by atoms with Crippen molar-refractivity contribution in [3.63, 3.8) is 0 Å². The maximum absolute atomic E-state index is 13.2. The Hall–Kier alpha value is -2.26. The van der Waals surface area contributed by atoms with E-state index in [-0.39, 0.29) is 23.3 Å². The third-order valence-electron chi connectivity index (χ3n) is 5.97. The molecule has 0 bridgehead atoms. The van der Waals surface area contributed by atoms with E-state index in [9.17, 15) is 18.0 Å². The Labute approximate surface area is 180 Å². The van der Waals surface area contributed by atoms with Crippen LogP contribution in [-0.2, 0) is 21.2 Å². The first-order chi connectivity index (χ1) is 14.3. The third kappa shape index (κ3) is 4.27. The highest BCUT2D eigenvalue weighted by molar-refractivity contribution is 7.90. The van der Waals surface area contributed by atoms with Crippen LogP contribution in [0.4, 0.5) is 5.13 Å². The molecule has 2 heterocycles. The van der Waals surface area contributed by atoms with Crippen molar-refractivity contribution in [3.05, 3.63) is 40.9 Å². The first-order valence-electron chi connectivity index (χ1n) is 10.2. The van der Waals surface area contributed by atoms with Gasteiger partial charge in [0.05, 0.1) is 4.90 Å². The van der Waals surface area contributed by atoms with Crippen molar-refractivity contribution in [2.45, 2.75) is 56.0 Å². The lowest BCUT2D eigenvalue weighted by atomic mass is 9.84. The van der Waals surface area contributed by atoms with Crippen molar-refractivity contribution in [1.82, 2.24) is 9.88 Å². The van der Waals surface area contributed by atoms with Gasteiger partial charge < -0.3 is 10.2 Å². The molecule has 30 heavy (non-hydrogen) atoms. The second kappa shape index (κ2) is 8.47. The molecule has 1 aromatic carbocycles. The van der Waals surface area contributed by atoms with E-state index in [0.29, 0.717) is 28.6 Å². The number of fused-ring (bicyclic) bond motifs is 1. The Morgan fingerprint density at radius 1 is 1.30 bits per heavy atom. The average molecular weight is 448 g/mol. The maximum Gasteiger partial charge on any atom is 0.255 e. The Kier molecular flexibility index (Phi) is 5.92. The molecular weight excluding hydrogens is 422 g/mol. The molecule has 1 saturated carbocycles. The van der Waals surface area contributed by atoms with Gasteiger partial charge in [0, 0.05) is 35.5 Å². The fraction of sp³-hybridized carbons (Fsp3) is 0.476. The molecule has 2 amide bonds. The smallest absolute Gasteiger partial charge is 0.255 e. The van der Waals surface area contributed by atoms with Gasteiger partial charge in [-0.05, 0) is 24.5 Å². The summed E-state index contributed by atoms with van der Waals surface area (Å²) in [6.07, 6.45) is 8.91. The van der Waals surface area contributed by atoms with Gasteiger partial charge in [-0.2, -0.15) is 0 Å². The molecular formula is C21H25N3O4S2. The SMILES string of the molecule is CS(=O)(=O)c1cccc2c1CN(C(CC1CCCCC1)C(=O)Nc1nccs1)C2=O. The molecule has 1 aliphatic carbocycles. The second-order valence-electron chi connectivity index (χ2n) is 8.07. The van der Waals surface area contributed by atoms with E-state index in [2.05, 4.69) is 10.3 Å². The summed E-state index contributed by atoms with van der Waals surface area (Å²) in [6.45, 7) is 0.125. The quantitative estimate of drug-likeness (QED) is 0.731. The van der Waals surface area contributed by atoms with Crippen molar-refractivity contribution < 1.29 is 18.0 Å². The Balaban J connectivity index is 1.64. The highest BCUT2D eigenvalue weighted by Crippen LogP contribution is 2.34. The number of carbonyl (C=O) groups excluding carboxylic acids is 2. The molecule has 1 aliphatic heterocycles. The van der Waals surface area contributed by atoms with Crippen LogP contribution in [0.3, 0.4) is 0 Å². The minimum atomic E-state index is -3.48. The van der Waals surface area contributed by atoms with Crippen molar-refractivity contribution in [2.24, 2.45) is 5.92 Å². The molecule has 9 heteroatoms. The van der Waals surface area contributed by atoms with Gasteiger partial charge >= 0.3 is 0 Å². The van der Waals surface area contributed by atoms with Crippen LogP contribution in [0.1, 0.15) is 54.4 Å². The summed E-state index contributed by atoms with van der Waals surface area (Å²) in [5.41, 5.74) is 0.856. The average Bonchev–Trinajstić information content (AvgIpc) is 3.34. The zero-order chi connectivity index (χ0) is 21.3. The number of anilines is 1. The molecule has 2 aliphatic rings. The van der Waals surface area contributed by atoms with Crippen LogP contribution in [0.25, 0.3) is 0 Å². The molecule has 1 unspecified atom stereocenters. The predicted octanol–water partition coefficient (Wildman–Crippen LogP) is 3.48. The summed E-state index contributed by atoms with van der Waals surface area (Å²) in [5.74, 6) is -0.181. The van der Waals surface area contributed by atoms with E-state index in [1.165, 1.54) is 28.7 Å². The molecule has 1 aromatic heterocycles. The lowest BCUT2D eigenvalue weighted by Gasteiger charge is -2.31. The number of hydrogen-bond donors (Lipinski definition) is 1. The minimum absolute atomic E-state index is 0.125. The monoisotopic (exact) mass is 447 g/mol. The van der Waals surface area contributed by atoms with Crippen molar-refractivity contribution >= 4 is 38.1 Å². The molecule has 0 saturated heterocycles. The summed E-state index contributed by atoms with van der Waals surface area (Å²) >= 11 is 1.33. The number of thiazole rings is 1. The van der Waals surface area contributed by atoms with Gasteiger partial charge in [0.15, 0.2) is 15.0 Å². The van der Waals surface area contributed by atoms with E-state index in [4.69, 9.17) is 0 Å². The first-order valence-corrected chi connectivity index (χ1v) is 12.9. The number of aromatic nitrogens is 1. The summed E-state index contributed by atoms with van der Waals surface area (Å²) < 4.78 is 24.4. The van der Waals surface area contributed by atoms with E-state index in [1.54, 1.807) is 23.7 Å². The van der Waals surface area contributed by atoms with Gasteiger partial charge in [-0.1, -0.05) is 38.2 Å². The number of sulfone groups is 1. The number of hydrogen-bond acceptors (Lipinski definition) is 6. The number of carbonyl (C=O) groups is 2. The lowest BCUT2D eigenvalue weighted by Crippen LogP contribution is -2.45. The highest BCUT2D eigenvalue weighted by atomic mass is 32.2. The van der Waals surface area contributed by atoms with E-state index >= 15 is 0 Å². The van der Waals surface area contributed by atoms with Crippen LogP contribution < -0.4 is 5.32 Å². The van der Waals surface area contributed by atoms with Crippen LogP contribution in [0.15, 0.2) is 34.7 Å². The molecule has 160 valence electrons. The fourth-order valence-electron chi connectivity index (χ4n) is 4.51. The number of rotatable bonds is 6. The van der Waals surface area contributed by atoms with E-state index < -0.39 is 15.9 Å². The normalized spacial score (nSPS) is 18.3. The Bertz CT molecular complexity index is 1040. The number of nitrogens with one attached hydrogen (secondary N) is 1. The molecule has 1 N–H and O–H groups in total. The summed E-state index contributed by atoms with van der Waals surface area (Å²) in [7, 11) is -3.48. The first kappa shape index (κ1) is 21.0. The van der Waals surface area contributed by atoms with Crippen molar-refractivity contribution in [2.75, 3.05) is 11.6 Å². The summed E-state index contributed by atoms with van der Waals surface area (Å²) in [5, 5.41) is 5.11. The van der Waals surface area contributed by atoms with E-state index in [1.807, 2.05) is 0 Å². The Morgan fingerprint density at radius 2 is 2.07 bits per heavy atom. The standard InChI is InChI=1S/C21H25N3O4S2/c1-30(27,28)18-9-5-8-15-16(18)13-24(20(15)26)17(12-14-6-3-2-4-7-14)19(25)23-21-22-10-11-29-21/h5,8-11,14,17H,2-4,6-7,12-13H2,1H3,(H,22,23,25). The summed E-state index contributed by atoms with van der Waals surface area (Å²) in [6, 6.07) is 4.09. The van der Waals surface area contributed by atoms with Crippen molar-refractivity contribution in [1.29, 1.82) is 0 Å². The minimum Gasteiger partial charge on any atom is -0.322 e. The number of nitrogens with zero attached hydrogens (tertiary/aromatic N) is 2. The predicted molar refractivity (Wildman–Crippen MR) is 115 cm³/mol. The van der Waals surface area contributed by atoms with Crippen LogP contribution in [0, 0.1) is 5.92 Å². The maximum atomic E-state index is 13.2. The zero-order valence-corrected chi connectivity index (χ0v) is 18.5. The van der Waals surface area contributed by atoms with E-state index in [0.717, 1.165) is 31.9 Å². The van der Waals surface area contributed by atoms with Crippen LogP contribution in [0.2, 0.25) is 0 Å². The van der Waals surface area contributed by atoms with Gasteiger partial charge in [0.25, 0.3) is 5.91 Å². The second-order valence-corrected chi connectivity index (χ2v) is 10.9. The molecule has 1 atom stereocenters. The van der Waals surface area contributed by atoms with Gasteiger partial charge in [-0.25, -0.2) is 13.4 Å². The fourth-order valence-corrected chi connectivity index (χ4v) is 5.99. The van der Waals surface area contributed by atoms with Gasteiger partial charge in [-0.15, -0.1) is 11.3 Å². The van der Waals surface area contributed by atoms with Crippen LogP contribution in [0.5, 0.6) is 0 Å². The topological polar surface area (TPSA) is 96.4 Å². The molecule has 1 fully saturated rings. The lowest BCUT2D eigenvalue weighted by molar-refractivity contribution is -0.121. The molecule has 2 aromatic rings. The number of amides is 2.